The predicted octanol–water partition coefficient (Wildman–Crippen LogP) is 6.25. The summed E-state index contributed by atoms with van der Waals surface area (Å²) < 4.78 is 5.98. The van der Waals surface area contributed by atoms with Crippen LogP contribution < -0.4 is 9.64 Å². The van der Waals surface area contributed by atoms with Crippen molar-refractivity contribution in [2.75, 3.05) is 24.5 Å². The maximum absolute atomic E-state index is 13.2. The molecule has 198 valence electrons. The van der Waals surface area contributed by atoms with Gasteiger partial charge < -0.3 is 19.6 Å². The average Bonchev–Trinajstić information content (AvgIpc) is 3.19. The third-order valence-corrected chi connectivity index (χ3v) is 7.03. The zero-order valence-corrected chi connectivity index (χ0v) is 22.6. The van der Waals surface area contributed by atoms with Gasteiger partial charge in [-0.1, -0.05) is 49.4 Å². The van der Waals surface area contributed by atoms with E-state index < -0.39 is 17.7 Å². The number of aliphatic hydroxyl groups is 1. The van der Waals surface area contributed by atoms with Gasteiger partial charge in [0.2, 0.25) is 0 Å². The summed E-state index contributed by atoms with van der Waals surface area (Å²) in [4.78, 5) is 30.1. The van der Waals surface area contributed by atoms with Gasteiger partial charge in [-0.05, 0) is 74.2 Å². The summed E-state index contributed by atoms with van der Waals surface area (Å²) in [6.45, 7) is 10.7. The number of hydrogen-bond acceptors (Lipinski definition) is 5. The molecule has 0 radical (unpaired) electrons. The fourth-order valence-electron chi connectivity index (χ4n) is 5.00. The van der Waals surface area contributed by atoms with Gasteiger partial charge in [0.25, 0.3) is 11.7 Å². The standard InChI is InChI=1S/C32H36N2O4/c1-5-19-34-29(24-13-16-26(17-14-24)33(6-2)7-3)28(31(36)32(34)37)30(35)25-15-18-27(22(4)20-25)38-21-23-11-9-8-10-12-23/h8-18,20,29,35H,5-7,19,21H2,1-4H3/b30-28-. The fourth-order valence-corrected chi connectivity index (χ4v) is 5.00. The Morgan fingerprint density at radius 3 is 2.24 bits per heavy atom. The molecule has 1 aliphatic rings. The van der Waals surface area contributed by atoms with Crippen LogP contribution in [0.3, 0.4) is 0 Å². The van der Waals surface area contributed by atoms with E-state index in [1.165, 1.54) is 0 Å². The minimum Gasteiger partial charge on any atom is -0.507 e. The third kappa shape index (κ3) is 5.44. The molecule has 6 heteroatoms. The minimum absolute atomic E-state index is 0.122. The molecule has 1 unspecified atom stereocenters. The second-order valence-corrected chi connectivity index (χ2v) is 9.51. The fraction of sp³-hybridized carbons (Fsp3) is 0.312. The van der Waals surface area contributed by atoms with Crippen LogP contribution >= 0.6 is 0 Å². The number of benzene rings is 3. The summed E-state index contributed by atoms with van der Waals surface area (Å²) >= 11 is 0. The molecule has 1 atom stereocenters. The van der Waals surface area contributed by atoms with Crippen molar-refractivity contribution < 1.29 is 19.4 Å². The van der Waals surface area contributed by atoms with E-state index in [4.69, 9.17) is 4.74 Å². The van der Waals surface area contributed by atoms with Crippen molar-refractivity contribution in [3.63, 3.8) is 0 Å². The summed E-state index contributed by atoms with van der Waals surface area (Å²) in [5, 5.41) is 11.4. The molecule has 0 aromatic heterocycles. The lowest BCUT2D eigenvalue weighted by molar-refractivity contribution is -0.139. The van der Waals surface area contributed by atoms with Gasteiger partial charge in [-0.3, -0.25) is 9.59 Å². The molecule has 0 bridgehead atoms. The number of aliphatic hydroxyl groups excluding tert-OH is 1. The molecule has 1 aliphatic heterocycles. The molecule has 3 aromatic rings. The van der Waals surface area contributed by atoms with Crippen LogP contribution in [0, 0.1) is 6.92 Å². The highest BCUT2D eigenvalue weighted by Gasteiger charge is 2.45. The van der Waals surface area contributed by atoms with Gasteiger partial charge in [-0.25, -0.2) is 0 Å². The lowest BCUT2D eigenvalue weighted by Gasteiger charge is -2.26. The van der Waals surface area contributed by atoms with E-state index in [1.807, 2.05) is 68.4 Å². The first-order valence-electron chi connectivity index (χ1n) is 13.3. The number of carbonyl (C=O) groups excluding carboxylic acids is 2. The number of Topliss-reactive ketones (excluding diaryl/α,β-unsaturated/α-hetero) is 1. The van der Waals surface area contributed by atoms with E-state index in [1.54, 1.807) is 23.1 Å². The third-order valence-electron chi connectivity index (χ3n) is 7.03. The first kappa shape index (κ1) is 27.0. The monoisotopic (exact) mass is 512 g/mol. The van der Waals surface area contributed by atoms with Crippen LogP contribution in [0.4, 0.5) is 5.69 Å². The van der Waals surface area contributed by atoms with Crippen LogP contribution in [-0.2, 0) is 16.2 Å². The smallest absolute Gasteiger partial charge is 0.295 e. The van der Waals surface area contributed by atoms with Gasteiger partial charge in [0.1, 0.15) is 18.1 Å². The maximum Gasteiger partial charge on any atom is 0.295 e. The number of aryl methyl sites for hydroxylation is 1. The zero-order chi connectivity index (χ0) is 27.2. The molecule has 0 saturated carbocycles. The molecular weight excluding hydrogens is 476 g/mol. The molecule has 1 amide bonds. The first-order valence-corrected chi connectivity index (χ1v) is 13.3. The minimum atomic E-state index is -0.657. The number of anilines is 1. The Morgan fingerprint density at radius 2 is 1.63 bits per heavy atom. The predicted molar refractivity (Wildman–Crippen MR) is 151 cm³/mol. The van der Waals surface area contributed by atoms with E-state index in [2.05, 4.69) is 18.7 Å². The highest BCUT2D eigenvalue weighted by atomic mass is 16.5. The Bertz CT molecular complexity index is 1310. The summed E-state index contributed by atoms with van der Waals surface area (Å²) in [6.07, 6.45) is 0.702. The highest BCUT2D eigenvalue weighted by Crippen LogP contribution is 2.40. The molecule has 1 heterocycles. The lowest BCUT2D eigenvalue weighted by Crippen LogP contribution is -2.30. The van der Waals surface area contributed by atoms with Crippen molar-refractivity contribution in [1.29, 1.82) is 0 Å². The summed E-state index contributed by atoms with van der Waals surface area (Å²) in [5.41, 5.74) is 4.36. The SMILES string of the molecule is CCCN1C(=O)C(=O)/C(=C(\O)c2ccc(OCc3ccccc3)c(C)c2)C1c1ccc(N(CC)CC)cc1. The number of nitrogens with zero attached hydrogens (tertiary/aromatic N) is 2. The molecule has 1 fully saturated rings. The Morgan fingerprint density at radius 1 is 0.947 bits per heavy atom. The molecule has 0 aliphatic carbocycles. The highest BCUT2D eigenvalue weighted by molar-refractivity contribution is 6.46. The molecule has 1 N–H and O–H groups in total. The summed E-state index contributed by atoms with van der Waals surface area (Å²) in [7, 11) is 0. The van der Waals surface area contributed by atoms with Gasteiger partial charge in [-0.2, -0.15) is 0 Å². The number of rotatable bonds is 10. The number of likely N-dealkylation sites (tertiary alicyclic amines) is 1. The van der Waals surface area contributed by atoms with E-state index in [-0.39, 0.29) is 11.3 Å². The van der Waals surface area contributed by atoms with E-state index in [0.717, 1.165) is 35.5 Å². The van der Waals surface area contributed by atoms with Crippen LogP contribution in [0.5, 0.6) is 5.75 Å². The van der Waals surface area contributed by atoms with E-state index in [0.29, 0.717) is 30.9 Å². The topological polar surface area (TPSA) is 70.1 Å². The van der Waals surface area contributed by atoms with Crippen LogP contribution in [-0.4, -0.2) is 41.3 Å². The van der Waals surface area contributed by atoms with Crippen LogP contribution in [0.2, 0.25) is 0 Å². The molecule has 1 saturated heterocycles. The molecule has 38 heavy (non-hydrogen) atoms. The van der Waals surface area contributed by atoms with Crippen LogP contribution in [0.25, 0.3) is 5.76 Å². The second kappa shape index (κ2) is 12.0. The molecule has 6 nitrogen and oxygen atoms in total. The van der Waals surface area contributed by atoms with Crippen molar-refractivity contribution in [3.8, 4) is 5.75 Å². The van der Waals surface area contributed by atoms with Gasteiger partial charge in [0, 0.05) is 30.9 Å². The quantitative estimate of drug-likeness (QED) is 0.197. The lowest BCUT2D eigenvalue weighted by atomic mass is 9.94. The maximum atomic E-state index is 13.2. The van der Waals surface area contributed by atoms with Crippen molar-refractivity contribution in [2.24, 2.45) is 0 Å². The second-order valence-electron chi connectivity index (χ2n) is 9.51. The Labute approximate surface area is 225 Å². The number of ketones is 1. The Balaban J connectivity index is 1.69. The molecular formula is C32H36N2O4. The number of ether oxygens (including phenoxy) is 1. The summed E-state index contributed by atoms with van der Waals surface area (Å²) in [5.74, 6) is -0.709. The Hall–Kier alpha value is -4.06. The zero-order valence-electron chi connectivity index (χ0n) is 22.6. The summed E-state index contributed by atoms with van der Waals surface area (Å²) in [6, 6.07) is 22.5. The largest absolute Gasteiger partial charge is 0.507 e. The van der Waals surface area contributed by atoms with Crippen molar-refractivity contribution >= 4 is 23.1 Å². The van der Waals surface area contributed by atoms with Crippen molar-refractivity contribution in [1.82, 2.24) is 4.90 Å². The number of hydrogen-bond donors (Lipinski definition) is 1. The van der Waals surface area contributed by atoms with Gasteiger partial charge in [0.05, 0.1) is 11.6 Å². The molecule has 0 spiro atoms. The van der Waals surface area contributed by atoms with E-state index >= 15 is 0 Å². The number of amides is 1. The van der Waals surface area contributed by atoms with Gasteiger partial charge >= 0.3 is 0 Å². The normalized spacial score (nSPS) is 16.6. The Kier molecular flexibility index (Phi) is 8.52. The van der Waals surface area contributed by atoms with Crippen molar-refractivity contribution in [3.05, 3.63) is 101 Å². The van der Waals surface area contributed by atoms with Crippen molar-refractivity contribution in [2.45, 2.75) is 46.8 Å². The van der Waals surface area contributed by atoms with Crippen LogP contribution in [0.15, 0.2) is 78.4 Å². The number of carbonyl (C=O) groups is 2. The van der Waals surface area contributed by atoms with Gasteiger partial charge in [-0.15, -0.1) is 0 Å². The first-order chi connectivity index (χ1) is 18.4. The van der Waals surface area contributed by atoms with E-state index in [9.17, 15) is 14.7 Å². The molecule has 3 aromatic carbocycles. The molecule has 4 rings (SSSR count). The average molecular weight is 513 g/mol. The van der Waals surface area contributed by atoms with Crippen LogP contribution in [0.1, 0.15) is 55.5 Å². The van der Waals surface area contributed by atoms with Gasteiger partial charge in [0.15, 0.2) is 0 Å².